The Morgan fingerprint density at radius 1 is 1.11 bits per heavy atom. The molecule has 3 aliphatic heterocycles. The standard InChI is InChI=1S/C27H36N6O4/c1-27(2)15-20(7-13-36-27)37-25-21-6-8-28-24(21)30-26(31-25)29-22-5-4-18(14-23(22)34-3)32-9-11-33(12-10-32)19-16-35-17-19/h4-6,8,14,19-20H,7,9-13,15-17H2,1-3H3,(H2,28,29,30,31)/t20-/m0/s1. The summed E-state index contributed by atoms with van der Waals surface area (Å²) in [7, 11) is 1.69. The first-order valence-corrected chi connectivity index (χ1v) is 13.1. The third-order valence-electron chi connectivity index (χ3n) is 7.56. The van der Waals surface area contributed by atoms with Gasteiger partial charge in [0.1, 0.15) is 17.5 Å². The van der Waals surface area contributed by atoms with Crippen LogP contribution in [0.5, 0.6) is 11.6 Å². The number of hydrogen-bond donors (Lipinski definition) is 2. The zero-order chi connectivity index (χ0) is 25.4. The smallest absolute Gasteiger partial charge is 0.232 e. The van der Waals surface area contributed by atoms with E-state index in [0.717, 1.165) is 80.4 Å². The van der Waals surface area contributed by atoms with Crippen LogP contribution in [0, 0.1) is 0 Å². The monoisotopic (exact) mass is 508 g/mol. The van der Waals surface area contributed by atoms with E-state index in [1.165, 1.54) is 0 Å². The van der Waals surface area contributed by atoms with Gasteiger partial charge in [-0.1, -0.05) is 0 Å². The van der Waals surface area contributed by atoms with Crippen LogP contribution in [-0.4, -0.2) is 90.7 Å². The highest BCUT2D eigenvalue weighted by molar-refractivity contribution is 5.82. The molecule has 1 aromatic carbocycles. The van der Waals surface area contributed by atoms with Crippen molar-refractivity contribution >= 4 is 28.4 Å². The molecule has 0 radical (unpaired) electrons. The Bertz CT molecular complexity index is 1230. The maximum Gasteiger partial charge on any atom is 0.232 e. The summed E-state index contributed by atoms with van der Waals surface area (Å²) in [5, 5.41) is 4.22. The molecule has 5 heterocycles. The summed E-state index contributed by atoms with van der Waals surface area (Å²) >= 11 is 0. The maximum atomic E-state index is 6.39. The largest absolute Gasteiger partial charge is 0.494 e. The quantitative estimate of drug-likeness (QED) is 0.496. The van der Waals surface area contributed by atoms with Gasteiger partial charge in [0.05, 0.1) is 49.6 Å². The molecule has 0 saturated carbocycles. The van der Waals surface area contributed by atoms with Crippen LogP contribution in [0.4, 0.5) is 17.3 Å². The van der Waals surface area contributed by atoms with E-state index >= 15 is 0 Å². The van der Waals surface area contributed by atoms with Gasteiger partial charge in [0.2, 0.25) is 11.8 Å². The average Bonchev–Trinajstić information content (AvgIpc) is 3.32. The number of H-pyrrole nitrogens is 1. The number of aromatic amines is 1. The summed E-state index contributed by atoms with van der Waals surface area (Å²) in [6.07, 6.45) is 3.54. The molecule has 0 amide bonds. The first kappa shape index (κ1) is 24.3. The van der Waals surface area contributed by atoms with E-state index < -0.39 is 0 Å². The highest BCUT2D eigenvalue weighted by Gasteiger charge is 2.31. The van der Waals surface area contributed by atoms with Crippen LogP contribution in [0.2, 0.25) is 0 Å². The summed E-state index contributed by atoms with van der Waals surface area (Å²) in [4.78, 5) is 17.6. The number of methoxy groups -OCH3 is 1. The van der Waals surface area contributed by atoms with E-state index in [9.17, 15) is 0 Å². The van der Waals surface area contributed by atoms with Gasteiger partial charge in [-0.2, -0.15) is 9.97 Å². The topological polar surface area (TPSA) is 97.0 Å². The fourth-order valence-electron chi connectivity index (χ4n) is 5.37. The van der Waals surface area contributed by atoms with Crippen LogP contribution in [0.1, 0.15) is 26.7 Å². The van der Waals surface area contributed by atoms with Crippen LogP contribution in [0.25, 0.3) is 11.0 Å². The SMILES string of the molecule is COc1cc(N2CCN(C3COC3)CC2)ccc1Nc1nc(O[C@H]2CCOC(C)(C)C2)c2cc[nH]c2n1. The molecule has 2 aromatic heterocycles. The maximum absolute atomic E-state index is 6.39. The summed E-state index contributed by atoms with van der Waals surface area (Å²) in [6.45, 7) is 10.7. The molecule has 0 bridgehead atoms. The molecule has 3 fully saturated rings. The molecule has 37 heavy (non-hydrogen) atoms. The van der Waals surface area contributed by atoms with Gasteiger partial charge in [-0.3, -0.25) is 4.90 Å². The number of nitrogens with one attached hydrogen (secondary N) is 2. The van der Waals surface area contributed by atoms with Crippen molar-refractivity contribution in [2.45, 2.75) is 44.4 Å². The summed E-state index contributed by atoms with van der Waals surface area (Å²) in [5.74, 6) is 1.77. The van der Waals surface area contributed by atoms with Gasteiger partial charge >= 0.3 is 0 Å². The zero-order valence-electron chi connectivity index (χ0n) is 21.8. The second-order valence-corrected chi connectivity index (χ2v) is 10.7. The van der Waals surface area contributed by atoms with Gasteiger partial charge in [-0.15, -0.1) is 0 Å². The highest BCUT2D eigenvalue weighted by Crippen LogP contribution is 2.34. The van der Waals surface area contributed by atoms with Gasteiger partial charge in [0, 0.05) is 57.0 Å². The van der Waals surface area contributed by atoms with Crippen LogP contribution in [0.3, 0.4) is 0 Å². The molecule has 2 N–H and O–H groups in total. The lowest BCUT2D eigenvalue weighted by molar-refractivity contribution is -0.0901. The predicted octanol–water partition coefficient (Wildman–Crippen LogP) is 3.57. The predicted molar refractivity (Wildman–Crippen MR) is 142 cm³/mol. The number of ether oxygens (including phenoxy) is 4. The van der Waals surface area contributed by atoms with E-state index in [1.54, 1.807) is 7.11 Å². The van der Waals surface area contributed by atoms with Gasteiger partial charge in [-0.05, 0) is 32.0 Å². The second-order valence-electron chi connectivity index (χ2n) is 10.7. The minimum atomic E-state index is -0.207. The highest BCUT2D eigenvalue weighted by atomic mass is 16.5. The lowest BCUT2D eigenvalue weighted by atomic mass is 9.96. The number of piperazine rings is 1. The third kappa shape index (κ3) is 5.18. The Labute approximate surface area is 217 Å². The van der Waals surface area contributed by atoms with Gasteiger partial charge < -0.3 is 34.1 Å². The van der Waals surface area contributed by atoms with Crippen molar-refractivity contribution in [3.63, 3.8) is 0 Å². The first-order chi connectivity index (χ1) is 18.0. The lowest BCUT2D eigenvalue weighted by Crippen LogP contribution is -2.56. The number of hydrogen-bond acceptors (Lipinski definition) is 9. The number of rotatable bonds is 7. The minimum Gasteiger partial charge on any atom is -0.494 e. The van der Waals surface area contributed by atoms with Crippen molar-refractivity contribution in [2.75, 3.05) is 63.3 Å². The first-order valence-electron chi connectivity index (χ1n) is 13.1. The Balaban J connectivity index is 1.19. The van der Waals surface area contributed by atoms with Crippen molar-refractivity contribution in [1.82, 2.24) is 19.9 Å². The van der Waals surface area contributed by atoms with Crippen molar-refractivity contribution < 1.29 is 18.9 Å². The molecule has 0 unspecified atom stereocenters. The molecule has 0 spiro atoms. The number of nitrogens with zero attached hydrogens (tertiary/aromatic N) is 4. The molecular formula is C27H36N6O4. The molecule has 6 rings (SSSR count). The van der Waals surface area contributed by atoms with Crippen molar-refractivity contribution in [2.24, 2.45) is 0 Å². The van der Waals surface area contributed by atoms with Gasteiger partial charge in [0.15, 0.2) is 0 Å². The Morgan fingerprint density at radius 2 is 1.95 bits per heavy atom. The number of fused-ring (bicyclic) bond motifs is 1. The number of benzene rings is 1. The van der Waals surface area contributed by atoms with Gasteiger partial charge in [-0.25, -0.2) is 0 Å². The van der Waals surface area contributed by atoms with E-state index in [4.69, 9.17) is 23.9 Å². The van der Waals surface area contributed by atoms with E-state index in [0.29, 0.717) is 24.5 Å². The third-order valence-corrected chi connectivity index (χ3v) is 7.56. The molecule has 10 nitrogen and oxygen atoms in total. The molecule has 1 atom stereocenters. The van der Waals surface area contributed by atoms with Crippen LogP contribution in [-0.2, 0) is 9.47 Å². The molecular weight excluding hydrogens is 472 g/mol. The molecule has 3 aliphatic rings. The summed E-state index contributed by atoms with van der Waals surface area (Å²) in [6, 6.07) is 8.78. The summed E-state index contributed by atoms with van der Waals surface area (Å²) in [5.41, 5.74) is 2.48. The molecule has 10 heteroatoms. The van der Waals surface area contributed by atoms with E-state index in [1.807, 2.05) is 18.3 Å². The lowest BCUT2D eigenvalue weighted by Gasteiger charge is -2.43. The van der Waals surface area contributed by atoms with E-state index in [2.05, 4.69) is 51.1 Å². The van der Waals surface area contributed by atoms with Crippen LogP contribution >= 0.6 is 0 Å². The fraction of sp³-hybridized carbons (Fsp3) is 0.556. The molecule has 0 aliphatic carbocycles. The number of anilines is 3. The van der Waals surface area contributed by atoms with Crippen molar-refractivity contribution in [3.05, 3.63) is 30.5 Å². The molecule has 198 valence electrons. The van der Waals surface area contributed by atoms with Gasteiger partial charge in [0.25, 0.3) is 0 Å². The zero-order valence-corrected chi connectivity index (χ0v) is 21.8. The number of aromatic nitrogens is 3. The Morgan fingerprint density at radius 3 is 2.68 bits per heavy atom. The fourth-order valence-corrected chi connectivity index (χ4v) is 5.37. The van der Waals surface area contributed by atoms with Crippen molar-refractivity contribution in [3.8, 4) is 11.6 Å². The second kappa shape index (κ2) is 10.00. The van der Waals surface area contributed by atoms with Crippen LogP contribution in [0.15, 0.2) is 30.5 Å². The molecule has 3 saturated heterocycles. The van der Waals surface area contributed by atoms with E-state index in [-0.39, 0.29) is 11.7 Å². The Kier molecular flexibility index (Phi) is 6.56. The summed E-state index contributed by atoms with van der Waals surface area (Å²) < 4.78 is 23.4. The Hall–Kier alpha value is -3.08. The minimum absolute atomic E-state index is 0.0377. The van der Waals surface area contributed by atoms with Crippen LogP contribution < -0.4 is 19.7 Å². The van der Waals surface area contributed by atoms with Crippen molar-refractivity contribution in [1.29, 1.82) is 0 Å². The molecule has 3 aromatic rings. The normalized spacial score (nSPS) is 22.6. The average molecular weight is 509 g/mol.